The van der Waals surface area contributed by atoms with E-state index in [1.54, 1.807) is 41.4 Å². The second-order valence-electron chi connectivity index (χ2n) is 9.05. The van der Waals surface area contributed by atoms with Crippen LogP contribution in [0.3, 0.4) is 0 Å². The van der Waals surface area contributed by atoms with Gasteiger partial charge in [-0.1, -0.05) is 6.07 Å². The van der Waals surface area contributed by atoms with Gasteiger partial charge in [0, 0.05) is 30.9 Å². The Bertz CT molecular complexity index is 1290. The van der Waals surface area contributed by atoms with Gasteiger partial charge in [0.15, 0.2) is 0 Å². The van der Waals surface area contributed by atoms with Crippen LogP contribution >= 0.6 is 22.7 Å². The largest absolute Gasteiger partial charge is 0.448 e. The van der Waals surface area contributed by atoms with Gasteiger partial charge in [0.25, 0.3) is 0 Å². The maximum atomic E-state index is 6.56. The number of hydrogen-bond acceptors (Lipinski definition) is 10. The SMILES string of the molecule is c1coc(N2C(c3cccs3)=C(c3ncco3)N(C3CCCCO3)C2(c2nccs2)C2CCCO2)c1. The van der Waals surface area contributed by atoms with Gasteiger partial charge >= 0.3 is 0 Å². The summed E-state index contributed by atoms with van der Waals surface area (Å²) >= 11 is 3.30. The molecule has 3 atom stereocenters. The Morgan fingerprint density at radius 1 is 0.861 bits per heavy atom. The zero-order chi connectivity index (χ0) is 24.0. The van der Waals surface area contributed by atoms with E-state index in [9.17, 15) is 0 Å². The molecule has 0 spiro atoms. The van der Waals surface area contributed by atoms with Crippen molar-refractivity contribution in [1.29, 1.82) is 0 Å². The maximum absolute atomic E-state index is 6.56. The number of furan rings is 1. The molecule has 3 aliphatic rings. The Hall–Kier alpha value is -2.92. The molecule has 4 aromatic heterocycles. The smallest absolute Gasteiger partial charge is 0.245 e. The molecule has 0 bridgehead atoms. The van der Waals surface area contributed by atoms with Gasteiger partial charge in [0.2, 0.25) is 17.4 Å². The lowest BCUT2D eigenvalue weighted by atomic mass is 9.95. The second-order valence-corrected chi connectivity index (χ2v) is 10.9. The van der Waals surface area contributed by atoms with Crippen molar-refractivity contribution in [2.24, 2.45) is 0 Å². The third kappa shape index (κ3) is 3.32. The number of thiazole rings is 1. The fourth-order valence-corrected chi connectivity index (χ4v) is 7.38. The number of oxazole rings is 1. The minimum atomic E-state index is -0.840. The van der Waals surface area contributed by atoms with E-state index in [4.69, 9.17) is 23.3 Å². The molecule has 10 heteroatoms. The molecule has 2 saturated heterocycles. The summed E-state index contributed by atoms with van der Waals surface area (Å²) in [5.41, 5.74) is 0.993. The molecule has 3 aliphatic heterocycles. The maximum Gasteiger partial charge on any atom is 0.245 e. The summed E-state index contributed by atoms with van der Waals surface area (Å²) in [6.07, 6.45) is 11.4. The topological polar surface area (TPSA) is 77.0 Å². The van der Waals surface area contributed by atoms with Crippen molar-refractivity contribution < 1.29 is 18.3 Å². The monoisotopic (exact) mass is 522 g/mol. The van der Waals surface area contributed by atoms with Gasteiger partial charge in [-0.2, -0.15) is 0 Å². The average molecular weight is 523 g/mol. The van der Waals surface area contributed by atoms with Crippen molar-refractivity contribution in [3.05, 3.63) is 75.7 Å². The first-order valence-electron chi connectivity index (χ1n) is 12.3. The summed E-state index contributed by atoms with van der Waals surface area (Å²) in [5.74, 6) is 1.26. The highest BCUT2D eigenvalue weighted by molar-refractivity contribution is 7.11. The lowest BCUT2D eigenvalue weighted by molar-refractivity contribution is -0.129. The molecule has 186 valence electrons. The Morgan fingerprint density at radius 3 is 2.50 bits per heavy atom. The summed E-state index contributed by atoms with van der Waals surface area (Å²) in [5, 5.41) is 5.04. The summed E-state index contributed by atoms with van der Waals surface area (Å²) in [4.78, 5) is 15.3. The van der Waals surface area contributed by atoms with Crippen molar-refractivity contribution in [2.75, 3.05) is 18.1 Å². The standard InChI is InChI=1S/C26H26N4O4S2/c1-2-12-32-20(8-1)30-23(24-27-10-15-34-24)22(18-6-5-16-35-18)29(21-9-4-14-33-21)26(30,19-7-3-13-31-19)25-28-11-17-36-25/h4-6,9-11,14-17,19-20H,1-3,7-8,12-13H2. The summed E-state index contributed by atoms with van der Waals surface area (Å²) < 4.78 is 25.3. The molecule has 36 heavy (non-hydrogen) atoms. The van der Waals surface area contributed by atoms with Crippen LogP contribution in [0.25, 0.3) is 11.4 Å². The van der Waals surface area contributed by atoms with Gasteiger partial charge in [-0.05, 0) is 49.6 Å². The van der Waals surface area contributed by atoms with Gasteiger partial charge < -0.3 is 23.2 Å². The Morgan fingerprint density at radius 2 is 1.83 bits per heavy atom. The van der Waals surface area contributed by atoms with E-state index in [0.717, 1.165) is 53.4 Å². The van der Waals surface area contributed by atoms with Crippen molar-refractivity contribution in [2.45, 2.75) is 50.1 Å². The van der Waals surface area contributed by atoms with E-state index in [-0.39, 0.29) is 12.3 Å². The van der Waals surface area contributed by atoms with Gasteiger partial charge in [-0.25, -0.2) is 9.97 Å². The Kier molecular flexibility index (Phi) is 5.69. The minimum Gasteiger partial charge on any atom is -0.448 e. The van der Waals surface area contributed by atoms with Crippen LogP contribution in [0.2, 0.25) is 0 Å². The van der Waals surface area contributed by atoms with E-state index in [1.807, 2.05) is 23.7 Å². The van der Waals surface area contributed by atoms with Crippen LogP contribution in [0.1, 0.15) is 47.9 Å². The lowest BCUT2D eigenvalue weighted by Gasteiger charge is -2.50. The number of hydrogen-bond donors (Lipinski definition) is 0. The van der Waals surface area contributed by atoms with E-state index in [0.29, 0.717) is 25.0 Å². The van der Waals surface area contributed by atoms with E-state index < -0.39 is 5.66 Å². The zero-order valence-corrected chi connectivity index (χ0v) is 21.2. The fourth-order valence-electron chi connectivity index (χ4n) is 5.76. The van der Waals surface area contributed by atoms with Crippen molar-refractivity contribution >= 4 is 40.0 Å². The van der Waals surface area contributed by atoms with E-state index >= 15 is 0 Å². The highest BCUT2D eigenvalue weighted by Crippen LogP contribution is 2.59. The van der Waals surface area contributed by atoms with Crippen LogP contribution in [0.15, 0.2) is 68.8 Å². The first kappa shape index (κ1) is 22.3. The number of aromatic nitrogens is 2. The van der Waals surface area contributed by atoms with Gasteiger partial charge in [0.1, 0.15) is 29.3 Å². The molecule has 0 N–H and O–H groups in total. The van der Waals surface area contributed by atoms with Crippen LogP contribution in [-0.2, 0) is 15.1 Å². The molecular weight excluding hydrogens is 496 g/mol. The second kappa shape index (κ2) is 9.19. The molecule has 0 saturated carbocycles. The number of nitrogens with zero attached hydrogens (tertiary/aromatic N) is 4. The molecule has 2 fully saturated rings. The normalized spacial score (nSPS) is 26.9. The quantitative estimate of drug-likeness (QED) is 0.306. The van der Waals surface area contributed by atoms with Crippen LogP contribution in [0, 0.1) is 0 Å². The molecule has 0 aliphatic carbocycles. The molecule has 7 heterocycles. The first-order valence-corrected chi connectivity index (χ1v) is 14.1. The highest BCUT2D eigenvalue weighted by Gasteiger charge is 2.64. The van der Waals surface area contributed by atoms with Crippen LogP contribution in [-0.4, -0.2) is 40.4 Å². The summed E-state index contributed by atoms with van der Waals surface area (Å²) in [6, 6.07) is 8.13. The van der Waals surface area contributed by atoms with E-state index in [1.165, 1.54) is 0 Å². The highest BCUT2D eigenvalue weighted by atomic mass is 32.1. The molecule has 4 aromatic rings. The predicted molar refractivity (Wildman–Crippen MR) is 137 cm³/mol. The molecule has 0 amide bonds. The van der Waals surface area contributed by atoms with Gasteiger partial charge in [-0.3, -0.25) is 4.90 Å². The van der Waals surface area contributed by atoms with Gasteiger partial charge in [0.05, 0.1) is 23.0 Å². The number of anilines is 1. The summed E-state index contributed by atoms with van der Waals surface area (Å²) in [6.45, 7) is 1.40. The molecular formula is C26H26N4O4S2. The molecule has 8 nitrogen and oxygen atoms in total. The first-order chi connectivity index (χ1) is 17.9. The van der Waals surface area contributed by atoms with Gasteiger partial charge in [-0.15, -0.1) is 22.7 Å². The van der Waals surface area contributed by atoms with Crippen LogP contribution in [0.5, 0.6) is 0 Å². The van der Waals surface area contributed by atoms with Crippen molar-refractivity contribution in [3.8, 4) is 0 Å². The minimum absolute atomic E-state index is 0.179. The van der Waals surface area contributed by atoms with Crippen LogP contribution < -0.4 is 4.90 Å². The van der Waals surface area contributed by atoms with Crippen molar-refractivity contribution in [3.63, 3.8) is 0 Å². The fraction of sp³-hybridized carbons (Fsp3) is 0.385. The number of thiophene rings is 1. The number of rotatable bonds is 6. The van der Waals surface area contributed by atoms with Crippen molar-refractivity contribution in [1.82, 2.24) is 14.9 Å². The Balaban J connectivity index is 1.59. The Labute approximate surface area is 216 Å². The third-order valence-electron chi connectivity index (χ3n) is 7.08. The average Bonchev–Trinajstić information content (AvgIpc) is 3.73. The number of ether oxygens (including phenoxy) is 2. The lowest BCUT2D eigenvalue weighted by Crippen LogP contribution is -2.62. The zero-order valence-electron chi connectivity index (χ0n) is 19.6. The van der Waals surface area contributed by atoms with E-state index in [2.05, 4.69) is 32.3 Å². The predicted octanol–water partition coefficient (Wildman–Crippen LogP) is 5.99. The molecule has 0 radical (unpaired) electrons. The molecule has 0 aromatic carbocycles. The molecule has 3 unspecified atom stereocenters. The third-order valence-corrected chi connectivity index (χ3v) is 8.85. The van der Waals surface area contributed by atoms with Crippen LogP contribution in [0.4, 0.5) is 5.88 Å². The summed E-state index contributed by atoms with van der Waals surface area (Å²) in [7, 11) is 0. The molecule has 7 rings (SSSR count).